The molecule has 0 saturated carbocycles. The predicted molar refractivity (Wildman–Crippen MR) is 45.8 cm³/mol. The third-order valence-electron chi connectivity index (χ3n) is 1.95. The molecule has 2 N–H and O–H groups in total. The molecule has 0 radical (unpaired) electrons. The first kappa shape index (κ1) is 13.6. The Bertz CT molecular complexity index is 240. The summed E-state index contributed by atoms with van der Waals surface area (Å²) in [6.45, 7) is 1.98. The molecule has 0 bridgehead atoms. The molecule has 1 saturated heterocycles. The second-order valence-electron chi connectivity index (χ2n) is 3.00. The third-order valence-corrected chi connectivity index (χ3v) is 1.95. The fourth-order valence-corrected chi connectivity index (χ4v) is 1.22. The van der Waals surface area contributed by atoms with Crippen molar-refractivity contribution in [1.82, 2.24) is 10.6 Å². The van der Waals surface area contributed by atoms with Gasteiger partial charge in [0.2, 0.25) is 11.8 Å². The van der Waals surface area contributed by atoms with Crippen LogP contribution in [0.25, 0.3) is 0 Å². The van der Waals surface area contributed by atoms with Gasteiger partial charge in [-0.15, -0.1) is 0 Å². The maximum Gasteiger partial charge on any atom is 1.00 e. The van der Waals surface area contributed by atoms with E-state index >= 15 is 0 Å². The Morgan fingerprint density at radius 3 is 2.14 bits per heavy atom. The zero-order valence-corrected chi connectivity index (χ0v) is 10.4. The molecule has 0 spiro atoms. The normalized spacial score (nSPS) is 17.1. The number of hydrogen-bond acceptors (Lipinski definition) is 3. The van der Waals surface area contributed by atoms with Gasteiger partial charge in [-0.25, -0.2) is 4.79 Å². The summed E-state index contributed by atoms with van der Waals surface area (Å²) in [7, 11) is 0. The van der Waals surface area contributed by atoms with Crippen molar-refractivity contribution in [3.8, 4) is 0 Å². The standard InChI is InChI=1S/C8H12N2O3.Na.H/c1-2-3-4-5-6(11)9-8(13)10-7(5)12;;/h5H,2-4H2,1H3,(H2,9,10,11,12,13);;/q;+1;-1. The van der Waals surface area contributed by atoms with Gasteiger partial charge < -0.3 is 1.43 Å². The zero-order chi connectivity index (χ0) is 9.84. The molecule has 0 aromatic carbocycles. The molecule has 1 aliphatic rings. The van der Waals surface area contributed by atoms with Gasteiger partial charge >= 0.3 is 35.6 Å². The Morgan fingerprint density at radius 1 is 1.21 bits per heavy atom. The van der Waals surface area contributed by atoms with Crippen LogP contribution in [0.4, 0.5) is 4.79 Å². The summed E-state index contributed by atoms with van der Waals surface area (Å²) in [5.41, 5.74) is 0. The summed E-state index contributed by atoms with van der Waals surface area (Å²) < 4.78 is 0. The Labute approximate surface area is 106 Å². The van der Waals surface area contributed by atoms with E-state index in [0.29, 0.717) is 6.42 Å². The van der Waals surface area contributed by atoms with Crippen LogP contribution in [0.15, 0.2) is 0 Å². The minimum absolute atomic E-state index is 0. The average molecular weight is 208 g/mol. The van der Waals surface area contributed by atoms with Crippen molar-refractivity contribution in [2.45, 2.75) is 26.2 Å². The molecule has 4 amide bonds. The SMILES string of the molecule is CCCCC1C(=O)NC(=O)NC1=O.[H-].[Na+]. The first-order chi connectivity index (χ1) is 6.15. The quantitative estimate of drug-likeness (QED) is 0.391. The summed E-state index contributed by atoms with van der Waals surface area (Å²) in [5, 5.41) is 4.12. The monoisotopic (exact) mass is 208 g/mol. The molecule has 1 aliphatic heterocycles. The average Bonchev–Trinajstić information content (AvgIpc) is 2.02. The van der Waals surface area contributed by atoms with Gasteiger partial charge in [0.05, 0.1) is 0 Å². The number of amides is 4. The van der Waals surface area contributed by atoms with Gasteiger partial charge in [0, 0.05) is 0 Å². The van der Waals surface area contributed by atoms with E-state index in [-0.39, 0.29) is 31.0 Å². The van der Waals surface area contributed by atoms with Crippen LogP contribution in [0.1, 0.15) is 27.6 Å². The Hall–Kier alpha value is -0.390. The van der Waals surface area contributed by atoms with Crippen LogP contribution in [0.2, 0.25) is 0 Å². The molecule has 1 heterocycles. The maximum atomic E-state index is 11.1. The van der Waals surface area contributed by atoms with Crippen LogP contribution in [-0.4, -0.2) is 17.8 Å². The number of urea groups is 1. The van der Waals surface area contributed by atoms with Crippen LogP contribution in [-0.2, 0) is 9.59 Å². The molecular weight excluding hydrogens is 195 g/mol. The smallest absolute Gasteiger partial charge is 1.00 e. The van der Waals surface area contributed by atoms with Gasteiger partial charge in [-0.3, -0.25) is 20.2 Å². The summed E-state index contributed by atoms with van der Waals surface area (Å²) in [6.07, 6.45) is 2.23. The molecule has 14 heavy (non-hydrogen) atoms. The van der Waals surface area contributed by atoms with E-state index in [2.05, 4.69) is 10.6 Å². The molecule has 0 unspecified atom stereocenters. The number of barbiturate groups is 1. The Kier molecular flexibility index (Phi) is 5.99. The maximum absolute atomic E-state index is 11.1. The van der Waals surface area contributed by atoms with E-state index in [1.807, 2.05) is 6.92 Å². The van der Waals surface area contributed by atoms with E-state index < -0.39 is 23.8 Å². The van der Waals surface area contributed by atoms with Crippen molar-refractivity contribution in [3.05, 3.63) is 0 Å². The van der Waals surface area contributed by atoms with Gasteiger partial charge in [0.25, 0.3) is 0 Å². The van der Waals surface area contributed by atoms with Gasteiger partial charge in [0.15, 0.2) is 0 Å². The van der Waals surface area contributed by atoms with Crippen molar-refractivity contribution >= 4 is 17.8 Å². The molecule has 0 atom stereocenters. The summed E-state index contributed by atoms with van der Waals surface area (Å²) in [5.74, 6) is -1.66. The predicted octanol–water partition coefficient (Wildman–Crippen LogP) is -2.72. The van der Waals surface area contributed by atoms with Crippen molar-refractivity contribution in [2.24, 2.45) is 5.92 Å². The second kappa shape index (κ2) is 6.16. The van der Waals surface area contributed by atoms with Crippen molar-refractivity contribution in [3.63, 3.8) is 0 Å². The summed E-state index contributed by atoms with van der Waals surface area (Å²) >= 11 is 0. The van der Waals surface area contributed by atoms with Crippen LogP contribution >= 0.6 is 0 Å². The number of rotatable bonds is 3. The Morgan fingerprint density at radius 2 is 1.71 bits per heavy atom. The third kappa shape index (κ3) is 3.40. The molecule has 74 valence electrons. The molecule has 0 aromatic rings. The fraction of sp³-hybridized carbons (Fsp3) is 0.625. The van der Waals surface area contributed by atoms with Crippen molar-refractivity contribution in [2.75, 3.05) is 0 Å². The van der Waals surface area contributed by atoms with Gasteiger partial charge in [0.1, 0.15) is 5.92 Å². The number of carbonyl (C=O) groups is 3. The summed E-state index contributed by atoms with van der Waals surface area (Å²) in [6, 6.07) is -0.720. The molecule has 1 fully saturated rings. The first-order valence-electron chi connectivity index (χ1n) is 4.31. The number of hydrogen-bond donors (Lipinski definition) is 2. The van der Waals surface area contributed by atoms with Crippen LogP contribution in [0.3, 0.4) is 0 Å². The summed E-state index contributed by atoms with van der Waals surface area (Å²) in [4.78, 5) is 32.9. The van der Waals surface area contributed by atoms with Crippen molar-refractivity contribution in [1.29, 1.82) is 0 Å². The molecule has 6 heteroatoms. The van der Waals surface area contributed by atoms with Crippen LogP contribution in [0, 0.1) is 5.92 Å². The van der Waals surface area contributed by atoms with Crippen LogP contribution in [0.5, 0.6) is 0 Å². The Balaban J connectivity index is 0. The minimum Gasteiger partial charge on any atom is -1.00 e. The number of unbranched alkanes of at least 4 members (excludes halogenated alkanes) is 1. The number of imide groups is 2. The molecular formula is C8H13N2NaO3. The van der Waals surface area contributed by atoms with E-state index in [1.165, 1.54) is 0 Å². The largest absolute Gasteiger partial charge is 1.00 e. The van der Waals surface area contributed by atoms with E-state index in [0.717, 1.165) is 12.8 Å². The fourth-order valence-electron chi connectivity index (χ4n) is 1.22. The van der Waals surface area contributed by atoms with E-state index in [4.69, 9.17) is 0 Å². The number of nitrogens with one attached hydrogen (secondary N) is 2. The first-order valence-corrected chi connectivity index (χ1v) is 4.31. The van der Waals surface area contributed by atoms with Gasteiger partial charge in [-0.1, -0.05) is 19.8 Å². The molecule has 1 rings (SSSR count). The van der Waals surface area contributed by atoms with Crippen LogP contribution < -0.4 is 40.2 Å². The van der Waals surface area contributed by atoms with Gasteiger partial charge in [-0.2, -0.15) is 0 Å². The number of carbonyl (C=O) groups excluding carboxylic acids is 3. The zero-order valence-electron chi connectivity index (χ0n) is 9.42. The second-order valence-corrected chi connectivity index (χ2v) is 3.00. The molecule has 0 aliphatic carbocycles. The molecule has 0 aromatic heterocycles. The van der Waals surface area contributed by atoms with Gasteiger partial charge in [-0.05, 0) is 6.42 Å². The van der Waals surface area contributed by atoms with Crippen molar-refractivity contribution < 1.29 is 45.4 Å². The minimum atomic E-state index is -0.720. The van der Waals surface area contributed by atoms with E-state index in [9.17, 15) is 14.4 Å². The van der Waals surface area contributed by atoms with E-state index in [1.54, 1.807) is 0 Å². The molecule has 5 nitrogen and oxygen atoms in total. The topological polar surface area (TPSA) is 75.3 Å².